The van der Waals surface area contributed by atoms with Crippen molar-refractivity contribution in [3.8, 4) is 0 Å². The van der Waals surface area contributed by atoms with Gasteiger partial charge < -0.3 is 5.32 Å². The van der Waals surface area contributed by atoms with Crippen LogP contribution in [0.2, 0.25) is 0 Å². The van der Waals surface area contributed by atoms with Crippen LogP contribution in [0.25, 0.3) is 5.65 Å². The van der Waals surface area contributed by atoms with Crippen molar-refractivity contribution >= 4 is 27.5 Å². The van der Waals surface area contributed by atoms with Crippen molar-refractivity contribution in [3.05, 3.63) is 33.7 Å². The first kappa shape index (κ1) is 12.7. The Morgan fingerprint density at radius 1 is 1.58 bits per heavy atom. The smallest absolute Gasteiger partial charge is 0.270 e. The third-order valence-electron chi connectivity index (χ3n) is 3.35. The summed E-state index contributed by atoms with van der Waals surface area (Å²) < 4.78 is 2.82. The summed E-state index contributed by atoms with van der Waals surface area (Å²) in [6.45, 7) is 4.04. The third kappa shape index (κ3) is 2.27. The van der Waals surface area contributed by atoms with E-state index in [2.05, 4.69) is 26.2 Å². The molecule has 1 N–H and O–H groups in total. The first-order chi connectivity index (χ1) is 9.10. The van der Waals surface area contributed by atoms with Crippen molar-refractivity contribution in [3.63, 3.8) is 0 Å². The molecule has 0 radical (unpaired) electrons. The van der Waals surface area contributed by atoms with Crippen LogP contribution in [0, 0.1) is 6.92 Å². The molecule has 1 aliphatic rings. The van der Waals surface area contributed by atoms with Crippen molar-refractivity contribution in [2.75, 3.05) is 0 Å². The largest absolute Gasteiger partial charge is 0.348 e. The van der Waals surface area contributed by atoms with Crippen molar-refractivity contribution < 1.29 is 4.79 Å². The molecule has 2 aromatic heterocycles. The van der Waals surface area contributed by atoms with E-state index in [-0.39, 0.29) is 5.91 Å². The second-order valence-corrected chi connectivity index (χ2v) is 5.92. The number of aromatic nitrogens is 2. The number of imidazole rings is 1. The Morgan fingerprint density at radius 2 is 2.32 bits per heavy atom. The first-order valence-electron chi connectivity index (χ1n) is 6.58. The molecule has 2 aromatic rings. The van der Waals surface area contributed by atoms with Crippen LogP contribution >= 0.6 is 15.9 Å². The maximum atomic E-state index is 12.4. The monoisotopic (exact) mass is 321 g/mol. The molecule has 0 bridgehead atoms. The van der Waals surface area contributed by atoms with Crippen LogP contribution in [0.5, 0.6) is 0 Å². The third-order valence-corrected chi connectivity index (χ3v) is 3.93. The minimum atomic E-state index is -0.00986. The average molecular weight is 322 g/mol. The number of pyridine rings is 1. The fourth-order valence-corrected chi connectivity index (χ4v) is 2.89. The van der Waals surface area contributed by atoms with E-state index in [1.165, 1.54) is 0 Å². The minimum absolute atomic E-state index is 0.00986. The van der Waals surface area contributed by atoms with Gasteiger partial charge >= 0.3 is 0 Å². The van der Waals surface area contributed by atoms with Gasteiger partial charge in [0.2, 0.25) is 0 Å². The highest BCUT2D eigenvalue weighted by atomic mass is 79.9. The van der Waals surface area contributed by atoms with Crippen LogP contribution < -0.4 is 5.32 Å². The fourth-order valence-electron chi connectivity index (χ4n) is 2.25. The summed E-state index contributed by atoms with van der Waals surface area (Å²) in [7, 11) is 0. The van der Waals surface area contributed by atoms with Gasteiger partial charge in [0, 0.05) is 12.2 Å². The van der Waals surface area contributed by atoms with Gasteiger partial charge in [-0.1, -0.05) is 6.92 Å². The van der Waals surface area contributed by atoms with E-state index < -0.39 is 0 Å². The molecule has 1 aliphatic carbocycles. The number of halogens is 1. The van der Waals surface area contributed by atoms with Crippen molar-refractivity contribution in [2.24, 2.45) is 0 Å². The SMILES string of the molecule is CCc1nc2c(Br)cc(C)cn2c1C(=O)NC1CC1. The van der Waals surface area contributed by atoms with Gasteiger partial charge in [0.05, 0.1) is 10.2 Å². The molecular weight excluding hydrogens is 306 g/mol. The summed E-state index contributed by atoms with van der Waals surface area (Å²) in [5, 5.41) is 3.05. The number of rotatable bonds is 3. The number of nitrogens with zero attached hydrogens (tertiary/aromatic N) is 2. The zero-order valence-corrected chi connectivity index (χ0v) is 12.6. The molecule has 19 heavy (non-hydrogen) atoms. The number of nitrogens with one attached hydrogen (secondary N) is 1. The van der Waals surface area contributed by atoms with Crippen molar-refractivity contribution in [1.29, 1.82) is 0 Å². The highest BCUT2D eigenvalue weighted by Gasteiger charge is 2.27. The molecule has 2 heterocycles. The number of aryl methyl sites for hydroxylation is 2. The quantitative estimate of drug-likeness (QED) is 0.944. The van der Waals surface area contributed by atoms with E-state index in [9.17, 15) is 4.79 Å². The second-order valence-electron chi connectivity index (χ2n) is 5.07. The van der Waals surface area contributed by atoms with Gasteiger partial charge in [0.15, 0.2) is 5.65 Å². The molecule has 0 atom stereocenters. The molecule has 3 rings (SSSR count). The van der Waals surface area contributed by atoms with Gasteiger partial charge in [-0.3, -0.25) is 9.20 Å². The Kier molecular flexibility index (Phi) is 3.09. The number of amides is 1. The van der Waals surface area contributed by atoms with Gasteiger partial charge in [-0.15, -0.1) is 0 Å². The van der Waals surface area contributed by atoms with Crippen LogP contribution in [0.15, 0.2) is 16.7 Å². The Morgan fingerprint density at radius 3 is 2.95 bits per heavy atom. The van der Waals surface area contributed by atoms with Crippen LogP contribution in [0.3, 0.4) is 0 Å². The topological polar surface area (TPSA) is 46.4 Å². The van der Waals surface area contributed by atoms with Crippen LogP contribution in [-0.2, 0) is 6.42 Å². The summed E-state index contributed by atoms with van der Waals surface area (Å²) in [4.78, 5) is 17.0. The normalized spacial score (nSPS) is 14.9. The molecule has 1 saturated carbocycles. The maximum absolute atomic E-state index is 12.4. The van der Waals surface area contributed by atoms with E-state index in [1.54, 1.807) is 0 Å². The Balaban J connectivity index is 2.16. The van der Waals surface area contributed by atoms with Gasteiger partial charge in [0.1, 0.15) is 5.69 Å². The number of fused-ring (bicyclic) bond motifs is 1. The van der Waals surface area contributed by atoms with Gasteiger partial charge in [0.25, 0.3) is 5.91 Å². The van der Waals surface area contributed by atoms with Gasteiger partial charge in [-0.2, -0.15) is 0 Å². The molecule has 0 saturated heterocycles. The second kappa shape index (κ2) is 4.63. The molecular formula is C14H16BrN3O. The predicted molar refractivity (Wildman–Crippen MR) is 77.5 cm³/mol. The van der Waals surface area contributed by atoms with Crippen LogP contribution in [0.4, 0.5) is 0 Å². The van der Waals surface area contributed by atoms with Gasteiger partial charge in [-0.05, 0) is 53.7 Å². The number of hydrogen-bond donors (Lipinski definition) is 1. The summed E-state index contributed by atoms with van der Waals surface area (Å²) in [5.74, 6) is -0.00986. The number of carbonyl (C=O) groups is 1. The van der Waals surface area contributed by atoms with E-state index in [0.29, 0.717) is 11.7 Å². The molecule has 1 fully saturated rings. The Hall–Kier alpha value is -1.36. The lowest BCUT2D eigenvalue weighted by molar-refractivity contribution is 0.0944. The Labute approximate surface area is 120 Å². The molecule has 0 aromatic carbocycles. The average Bonchev–Trinajstić information content (AvgIpc) is 3.07. The van der Waals surface area contributed by atoms with E-state index in [0.717, 1.165) is 40.6 Å². The Bertz CT molecular complexity index is 658. The first-order valence-corrected chi connectivity index (χ1v) is 7.37. The highest BCUT2D eigenvalue weighted by molar-refractivity contribution is 9.10. The molecule has 0 aliphatic heterocycles. The number of hydrogen-bond acceptors (Lipinski definition) is 2. The van der Waals surface area contributed by atoms with Gasteiger partial charge in [-0.25, -0.2) is 4.98 Å². The molecule has 1 amide bonds. The van der Waals surface area contributed by atoms with Crippen molar-refractivity contribution in [1.82, 2.24) is 14.7 Å². The summed E-state index contributed by atoms with van der Waals surface area (Å²) in [5.41, 5.74) is 3.43. The molecule has 0 unspecified atom stereocenters. The lowest BCUT2D eigenvalue weighted by Gasteiger charge is -2.06. The molecule has 0 spiro atoms. The maximum Gasteiger partial charge on any atom is 0.270 e. The van der Waals surface area contributed by atoms with Crippen LogP contribution in [0.1, 0.15) is 41.5 Å². The fraction of sp³-hybridized carbons (Fsp3) is 0.429. The summed E-state index contributed by atoms with van der Waals surface area (Å²) in [6.07, 6.45) is 4.90. The zero-order valence-electron chi connectivity index (χ0n) is 11.0. The van der Waals surface area contributed by atoms with Crippen LogP contribution in [-0.4, -0.2) is 21.3 Å². The molecule has 100 valence electrons. The zero-order chi connectivity index (χ0) is 13.6. The van der Waals surface area contributed by atoms with Crippen molar-refractivity contribution in [2.45, 2.75) is 39.2 Å². The summed E-state index contributed by atoms with van der Waals surface area (Å²) in [6, 6.07) is 2.38. The predicted octanol–water partition coefficient (Wildman–Crippen LogP) is 2.86. The van der Waals surface area contributed by atoms with E-state index in [1.807, 2.05) is 30.5 Å². The number of carbonyl (C=O) groups excluding carboxylic acids is 1. The standard InChI is InChI=1S/C14H16BrN3O/c1-3-11-12(14(19)16-9-4-5-9)18-7-8(2)6-10(15)13(18)17-11/h6-7,9H,3-5H2,1-2H3,(H,16,19). The summed E-state index contributed by atoms with van der Waals surface area (Å²) >= 11 is 3.52. The lowest BCUT2D eigenvalue weighted by Crippen LogP contribution is -2.27. The van der Waals surface area contributed by atoms with E-state index >= 15 is 0 Å². The highest BCUT2D eigenvalue weighted by Crippen LogP contribution is 2.24. The van der Waals surface area contributed by atoms with E-state index in [4.69, 9.17) is 0 Å². The lowest BCUT2D eigenvalue weighted by atomic mass is 10.2. The minimum Gasteiger partial charge on any atom is -0.348 e. The molecule has 5 heteroatoms. The molecule has 4 nitrogen and oxygen atoms in total.